The number of rotatable bonds is 4. The van der Waals surface area contributed by atoms with Crippen molar-refractivity contribution in [1.82, 2.24) is 5.32 Å². The summed E-state index contributed by atoms with van der Waals surface area (Å²) >= 11 is 0. The lowest BCUT2D eigenvalue weighted by Gasteiger charge is -2.55. The Kier molecular flexibility index (Phi) is 3.70. The van der Waals surface area contributed by atoms with Gasteiger partial charge in [-0.25, -0.2) is 0 Å². The number of methoxy groups -OCH3 is 1. The fourth-order valence-electron chi connectivity index (χ4n) is 3.52. The number of nitrogens with one attached hydrogen (secondary N) is 1. The molecule has 0 aromatic heterocycles. The number of ether oxygens (including phenoxy) is 2. The maximum absolute atomic E-state index is 11.8. The highest BCUT2D eigenvalue weighted by Gasteiger charge is 2.59. The van der Waals surface area contributed by atoms with Gasteiger partial charge in [0, 0.05) is 24.0 Å². The summed E-state index contributed by atoms with van der Waals surface area (Å²) in [7, 11) is 1.45. The van der Waals surface area contributed by atoms with E-state index in [1.165, 1.54) is 7.11 Å². The van der Waals surface area contributed by atoms with Crippen molar-refractivity contribution in [3.8, 4) is 0 Å². The van der Waals surface area contributed by atoms with Crippen LogP contribution in [-0.4, -0.2) is 37.9 Å². The third kappa shape index (κ3) is 2.05. The quantitative estimate of drug-likeness (QED) is 0.775. The van der Waals surface area contributed by atoms with Crippen molar-refractivity contribution in [3.63, 3.8) is 0 Å². The zero-order valence-corrected chi connectivity index (χ0v) is 12.0. The molecule has 0 aromatic carbocycles. The summed E-state index contributed by atoms with van der Waals surface area (Å²) in [5.41, 5.74) is 0.0995. The summed E-state index contributed by atoms with van der Waals surface area (Å²) in [5.74, 6) is 0.615. The van der Waals surface area contributed by atoms with Crippen LogP contribution in [0, 0.1) is 17.3 Å². The molecule has 0 bridgehead atoms. The molecule has 2 fully saturated rings. The number of hydrogen-bond donors (Lipinski definition) is 1. The molecule has 4 atom stereocenters. The van der Waals surface area contributed by atoms with Gasteiger partial charge in [0.2, 0.25) is 0 Å². The molecule has 2 aliphatic rings. The van der Waals surface area contributed by atoms with Crippen molar-refractivity contribution in [2.45, 2.75) is 52.3 Å². The number of hydrogen-bond acceptors (Lipinski definition) is 4. The van der Waals surface area contributed by atoms with E-state index in [0.29, 0.717) is 18.1 Å². The van der Waals surface area contributed by atoms with E-state index < -0.39 is 0 Å². The standard InChI is InChI=1S/C14H25NO3/c1-8(2)10(13(16)17-5)15-11-9-6-7-18-12(9)14(11,3)4/h8-12,15H,6-7H2,1-5H3/t9?,10-,11?,12?/m0/s1. The lowest BCUT2D eigenvalue weighted by molar-refractivity contribution is -0.150. The number of carbonyl (C=O) groups excluding carboxylic acids is 1. The molecule has 1 aliphatic carbocycles. The van der Waals surface area contributed by atoms with Crippen LogP contribution in [0.25, 0.3) is 0 Å². The molecule has 1 heterocycles. The van der Waals surface area contributed by atoms with Gasteiger partial charge in [-0.15, -0.1) is 0 Å². The lowest BCUT2D eigenvalue weighted by atomic mass is 9.57. The Labute approximate surface area is 109 Å². The van der Waals surface area contributed by atoms with Gasteiger partial charge in [0.05, 0.1) is 13.2 Å². The summed E-state index contributed by atoms with van der Waals surface area (Å²) in [6, 6.07) is 0.123. The first-order valence-corrected chi connectivity index (χ1v) is 6.85. The van der Waals surface area contributed by atoms with Gasteiger partial charge in [-0.2, -0.15) is 0 Å². The second-order valence-electron chi connectivity index (χ2n) is 6.45. The van der Waals surface area contributed by atoms with E-state index in [2.05, 4.69) is 19.2 Å². The Morgan fingerprint density at radius 3 is 2.67 bits per heavy atom. The first-order valence-electron chi connectivity index (χ1n) is 6.85. The molecule has 2 rings (SSSR count). The molecule has 3 unspecified atom stereocenters. The molecule has 1 saturated heterocycles. The molecular formula is C14H25NO3. The SMILES string of the molecule is COC(=O)[C@@H](NC1C2CCOC2C1(C)C)C(C)C. The maximum atomic E-state index is 11.8. The van der Waals surface area contributed by atoms with Crippen LogP contribution >= 0.6 is 0 Å². The minimum atomic E-state index is -0.221. The molecule has 0 radical (unpaired) electrons. The Hall–Kier alpha value is -0.610. The van der Waals surface area contributed by atoms with E-state index in [9.17, 15) is 4.79 Å². The van der Waals surface area contributed by atoms with E-state index in [1.54, 1.807) is 0 Å². The number of esters is 1. The van der Waals surface area contributed by atoms with Gasteiger partial charge in [-0.3, -0.25) is 4.79 Å². The fourth-order valence-corrected chi connectivity index (χ4v) is 3.52. The second kappa shape index (κ2) is 4.82. The van der Waals surface area contributed by atoms with Gasteiger partial charge in [-0.05, 0) is 12.3 Å². The zero-order valence-electron chi connectivity index (χ0n) is 12.0. The minimum Gasteiger partial charge on any atom is -0.468 e. The first kappa shape index (κ1) is 13.8. The summed E-state index contributed by atoms with van der Waals surface area (Å²) in [4.78, 5) is 11.8. The van der Waals surface area contributed by atoms with E-state index >= 15 is 0 Å². The van der Waals surface area contributed by atoms with E-state index in [4.69, 9.17) is 9.47 Å². The molecule has 1 aliphatic heterocycles. The van der Waals surface area contributed by atoms with Crippen LogP contribution in [0.5, 0.6) is 0 Å². The zero-order chi connectivity index (χ0) is 13.5. The largest absolute Gasteiger partial charge is 0.468 e. The Balaban J connectivity index is 2.05. The predicted molar refractivity (Wildman–Crippen MR) is 69.2 cm³/mol. The van der Waals surface area contributed by atoms with Crippen molar-refractivity contribution in [1.29, 1.82) is 0 Å². The van der Waals surface area contributed by atoms with Crippen LogP contribution < -0.4 is 5.32 Å². The van der Waals surface area contributed by atoms with Crippen LogP contribution in [0.15, 0.2) is 0 Å². The molecular weight excluding hydrogens is 230 g/mol. The van der Waals surface area contributed by atoms with E-state index in [-0.39, 0.29) is 23.3 Å². The molecule has 0 spiro atoms. The van der Waals surface area contributed by atoms with Crippen LogP contribution in [-0.2, 0) is 14.3 Å². The second-order valence-corrected chi connectivity index (χ2v) is 6.45. The topological polar surface area (TPSA) is 47.6 Å². The average molecular weight is 255 g/mol. The third-order valence-corrected chi connectivity index (χ3v) is 4.58. The molecule has 4 heteroatoms. The summed E-state index contributed by atoms with van der Waals surface area (Å²) in [6.07, 6.45) is 1.44. The molecule has 0 amide bonds. The van der Waals surface area contributed by atoms with Crippen LogP contribution in [0.2, 0.25) is 0 Å². The minimum absolute atomic E-state index is 0.0995. The highest BCUT2D eigenvalue weighted by atomic mass is 16.5. The van der Waals surface area contributed by atoms with Gasteiger partial charge < -0.3 is 14.8 Å². The molecule has 1 N–H and O–H groups in total. The highest BCUT2D eigenvalue weighted by molar-refractivity contribution is 5.76. The summed E-state index contributed by atoms with van der Waals surface area (Å²) in [5, 5.41) is 3.51. The fraction of sp³-hybridized carbons (Fsp3) is 0.929. The molecule has 104 valence electrons. The number of carbonyl (C=O) groups is 1. The van der Waals surface area contributed by atoms with Crippen molar-refractivity contribution >= 4 is 5.97 Å². The molecule has 18 heavy (non-hydrogen) atoms. The highest BCUT2D eigenvalue weighted by Crippen LogP contribution is 2.52. The van der Waals surface area contributed by atoms with Gasteiger partial charge in [0.25, 0.3) is 0 Å². The Bertz CT molecular complexity index is 327. The van der Waals surface area contributed by atoms with Crippen LogP contribution in [0.4, 0.5) is 0 Å². The van der Waals surface area contributed by atoms with Crippen LogP contribution in [0.1, 0.15) is 34.1 Å². The molecule has 4 nitrogen and oxygen atoms in total. The van der Waals surface area contributed by atoms with Crippen molar-refractivity contribution < 1.29 is 14.3 Å². The van der Waals surface area contributed by atoms with E-state index in [0.717, 1.165) is 13.0 Å². The average Bonchev–Trinajstić information content (AvgIpc) is 2.75. The van der Waals surface area contributed by atoms with Gasteiger partial charge in [0.1, 0.15) is 6.04 Å². The summed E-state index contributed by atoms with van der Waals surface area (Å²) in [6.45, 7) is 9.37. The number of fused-ring (bicyclic) bond motifs is 1. The van der Waals surface area contributed by atoms with Gasteiger partial charge in [-0.1, -0.05) is 27.7 Å². The normalized spacial score (nSPS) is 34.9. The van der Waals surface area contributed by atoms with Crippen molar-refractivity contribution in [2.75, 3.05) is 13.7 Å². The smallest absolute Gasteiger partial charge is 0.323 e. The monoisotopic (exact) mass is 255 g/mol. The third-order valence-electron chi connectivity index (χ3n) is 4.58. The lowest BCUT2D eigenvalue weighted by Crippen LogP contribution is -2.68. The first-order chi connectivity index (χ1) is 8.39. The molecule has 0 aromatic rings. The van der Waals surface area contributed by atoms with Crippen molar-refractivity contribution in [3.05, 3.63) is 0 Å². The Morgan fingerprint density at radius 1 is 1.44 bits per heavy atom. The van der Waals surface area contributed by atoms with Gasteiger partial charge >= 0.3 is 5.97 Å². The van der Waals surface area contributed by atoms with Crippen molar-refractivity contribution in [2.24, 2.45) is 17.3 Å². The Morgan fingerprint density at radius 2 is 2.11 bits per heavy atom. The van der Waals surface area contributed by atoms with E-state index in [1.807, 2.05) is 13.8 Å². The van der Waals surface area contributed by atoms with Crippen LogP contribution in [0.3, 0.4) is 0 Å². The van der Waals surface area contributed by atoms with Gasteiger partial charge in [0.15, 0.2) is 0 Å². The maximum Gasteiger partial charge on any atom is 0.323 e. The molecule has 1 saturated carbocycles. The predicted octanol–water partition coefficient (Wildman–Crippen LogP) is 1.59. The summed E-state index contributed by atoms with van der Waals surface area (Å²) < 4.78 is 10.7.